The van der Waals surface area contributed by atoms with E-state index in [1.165, 1.54) is 0 Å². The van der Waals surface area contributed by atoms with Crippen molar-refractivity contribution in [3.63, 3.8) is 0 Å². The van der Waals surface area contributed by atoms with Crippen molar-refractivity contribution in [3.05, 3.63) is 29.3 Å². The molecule has 0 aromatic heterocycles. The number of rotatable bonds is 2. The number of nitrogens with zero attached hydrogens (tertiary/aromatic N) is 1. The largest absolute Gasteiger partial charge is 0.384 e. The number of benzene rings is 1. The zero-order valence-corrected chi connectivity index (χ0v) is 11.2. The van der Waals surface area contributed by atoms with E-state index in [4.69, 9.17) is 11.1 Å². The molecule has 2 atom stereocenters. The predicted molar refractivity (Wildman–Crippen MR) is 72.6 cm³/mol. The summed E-state index contributed by atoms with van der Waals surface area (Å²) in [6.45, 7) is 4.73. The molecule has 3 nitrogen and oxygen atoms in total. The lowest BCUT2D eigenvalue weighted by Gasteiger charge is -2.39. The topological polar surface area (TPSA) is 53.1 Å². The molecule has 1 aliphatic rings. The highest BCUT2D eigenvalue weighted by Crippen LogP contribution is 2.32. The van der Waals surface area contributed by atoms with Crippen molar-refractivity contribution < 1.29 is 8.78 Å². The van der Waals surface area contributed by atoms with E-state index in [9.17, 15) is 8.78 Å². The van der Waals surface area contributed by atoms with Gasteiger partial charge in [-0.3, -0.25) is 5.41 Å². The number of hydrogen-bond acceptors (Lipinski definition) is 2. The van der Waals surface area contributed by atoms with Crippen LogP contribution in [-0.4, -0.2) is 18.4 Å². The molecule has 0 radical (unpaired) electrons. The van der Waals surface area contributed by atoms with Crippen LogP contribution in [-0.2, 0) is 0 Å². The van der Waals surface area contributed by atoms with E-state index >= 15 is 0 Å². The molecule has 2 unspecified atom stereocenters. The van der Waals surface area contributed by atoms with Gasteiger partial charge >= 0.3 is 0 Å². The molecule has 1 fully saturated rings. The van der Waals surface area contributed by atoms with Gasteiger partial charge in [0.25, 0.3) is 0 Å². The second-order valence-corrected chi connectivity index (χ2v) is 5.26. The normalized spacial score (nSPS) is 23.5. The zero-order valence-electron chi connectivity index (χ0n) is 11.2. The second kappa shape index (κ2) is 5.15. The van der Waals surface area contributed by atoms with Crippen LogP contribution in [0.25, 0.3) is 0 Å². The summed E-state index contributed by atoms with van der Waals surface area (Å²) in [6.07, 6.45) is 2.01. The molecule has 0 aliphatic carbocycles. The first-order chi connectivity index (χ1) is 8.91. The van der Waals surface area contributed by atoms with Crippen molar-refractivity contribution in [2.45, 2.75) is 32.7 Å². The third-order valence-corrected chi connectivity index (χ3v) is 3.99. The van der Waals surface area contributed by atoms with E-state index in [2.05, 4.69) is 6.92 Å². The van der Waals surface area contributed by atoms with Gasteiger partial charge in [-0.05, 0) is 37.8 Å². The summed E-state index contributed by atoms with van der Waals surface area (Å²) in [5, 5.41) is 7.25. The molecular weight excluding hydrogens is 248 g/mol. The summed E-state index contributed by atoms with van der Waals surface area (Å²) in [5.74, 6) is -1.22. The van der Waals surface area contributed by atoms with Crippen molar-refractivity contribution in [3.8, 4) is 0 Å². The monoisotopic (exact) mass is 267 g/mol. The van der Waals surface area contributed by atoms with E-state index in [1.807, 2.05) is 6.92 Å². The fraction of sp³-hybridized carbons (Fsp3) is 0.500. The van der Waals surface area contributed by atoms with Crippen molar-refractivity contribution in [1.82, 2.24) is 0 Å². The van der Waals surface area contributed by atoms with E-state index in [0.717, 1.165) is 25.0 Å². The van der Waals surface area contributed by atoms with Crippen LogP contribution in [0.2, 0.25) is 0 Å². The molecule has 1 aromatic rings. The van der Waals surface area contributed by atoms with Crippen LogP contribution in [0, 0.1) is 23.0 Å². The third-order valence-electron chi connectivity index (χ3n) is 3.99. The summed E-state index contributed by atoms with van der Waals surface area (Å²) < 4.78 is 28.2. The number of hydrogen-bond donors (Lipinski definition) is 2. The minimum atomic E-state index is -0.647. The molecule has 1 saturated heterocycles. The first kappa shape index (κ1) is 13.8. The lowest BCUT2D eigenvalue weighted by molar-refractivity contribution is 0.356. The minimum absolute atomic E-state index is 0.00375. The number of anilines is 1. The Morgan fingerprint density at radius 3 is 2.42 bits per heavy atom. The Morgan fingerprint density at radius 2 is 1.89 bits per heavy atom. The summed E-state index contributed by atoms with van der Waals surface area (Å²) in [4.78, 5) is 1.78. The summed E-state index contributed by atoms with van der Waals surface area (Å²) in [5.41, 5.74) is 5.35. The molecule has 1 heterocycles. The third kappa shape index (κ3) is 2.55. The van der Waals surface area contributed by atoms with Crippen LogP contribution in [0.15, 0.2) is 12.1 Å². The van der Waals surface area contributed by atoms with Crippen LogP contribution < -0.4 is 10.6 Å². The van der Waals surface area contributed by atoms with Gasteiger partial charge in [-0.2, -0.15) is 0 Å². The maximum absolute atomic E-state index is 14.1. The predicted octanol–water partition coefficient (Wildman–Crippen LogP) is 2.87. The number of halogens is 2. The molecular formula is C14H19F2N3. The van der Waals surface area contributed by atoms with Gasteiger partial charge in [0.2, 0.25) is 0 Å². The maximum Gasteiger partial charge on any atom is 0.150 e. The lowest BCUT2D eigenvalue weighted by Crippen LogP contribution is -2.43. The average Bonchev–Trinajstić information content (AvgIpc) is 2.33. The Kier molecular flexibility index (Phi) is 3.73. The molecule has 5 heteroatoms. The van der Waals surface area contributed by atoms with Gasteiger partial charge in [0, 0.05) is 18.2 Å². The Morgan fingerprint density at radius 1 is 1.32 bits per heavy atom. The van der Waals surface area contributed by atoms with E-state index < -0.39 is 11.6 Å². The summed E-state index contributed by atoms with van der Waals surface area (Å²) in [6, 6.07) is 2.36. The van der Waals surface area contributed by atoms with Gasteiger partial charge in [0.15, 0.2) is 0 Å². The van der Waals surface area contributed by atoms with Gasteiger partial charge in [0.1, 0.15) is 23.2 Å². The number of piperidine rings is 1. The van der Waals surface area contributed by atoms with Crippen LogP contribution in [0.5, 0.6) is 0 Å². The molecule has 1 aliphatic heterocycles. The number of amidine groups is 1. The van der Waals surface area contributed by atoms with E-state index in [-0.39, 0.29) is 23.1 Å². The maximum atomic E-state index is 14.1. The highest BCUT2D eigenvalue weighted by Gasteiger charge is 2.29. The van der Waals surface area contributed by atoms with Crippen LogP contribution in [0.4, 0.5) is 14.5 Å². The molecule has 0 amide bonds. The zero-order chi connectivity index (χ0) is 14.2. The molecule has 0 bridgehead atoms. The first-order valence-corrected chi connectivity index (χ1v) is 6.52. The SMILES string of the molecule is CC1CCCN(c2c(F)cc(C(=N)N)cc2F)C1C. The molecule has 0 spiro atoms. The number of nitrogens with one attached hydrogen (secondary N) is 1. The van der Waals surface area contributed by atoms with E-state index in [0.29, 0.717) is 12.5 Å². The Labute approximate surface area is 111 Å². The fourth-order valence-corrected chi connectivity index (χ4v) is 2.65. The van der Waals surface area contributed by atoms with Gasteiger partial charge in [0.05, 0.1) is 0 Å². The average molecular weight is 267 g/mol. The second-order valence-electron chi connectivity index (χ2n) is 5.26. The van der Waals surface area contributed by atoms with Gasteiger partial charge < -0.3 is 10.6 Å². The highest BCUT2D eigenvalue weighted by molar-refractivity contribution is 5.95. The molecule has 3 N–H and O–H groups in total. The lowest BCUT2D eigenvalue weighted by atomic mass is 9.91. The van der Waals surface area contributed by atoms with Crippen molar-refractivity contribution in [2.75, 3.05) is 11.4 Å². The first-order valence-electron chi connectivity index (χ1n) is 6.52. The van der Waals surface area contributed by atoms with Crippen LogP contribution in [0.3, 0.4) is 0 Å². The van der Waals surface area contributed by atoms with Gasteiger partial charge in [-0.25, -0.2) is 8.78 Å². The van der Waals surface area contributed by atoms with Crippen molar-refractivity contribution in [2.24, 2.45) is 11.7 Å². The Hall–Kier alpha value is -1.65. The minimum Gasteiger partial charge on any atom is -0.384 e. The quantitative estimate of drug-likeness (QED) is 0.639. The van der Waals surface area contributed by atoms with Crippen molar-refractivity contribution in [1.29, 1.82) is 5.41 Å². The molecule has 104 valence electrons. The number of nitrogens with two attached hydrogens (primary N) is 1. The standard InChI is InChI=1S/C14H19F2N3/c1-8-4-3-5-19(9(8)2)13-11(15)6-10(14(17)18)7-12(13)16/h6-9H,3-5H2,1-2H3,(H3,17,18). The molecule has 2 rings (SSSR count). The Balaban J connectivity index is 2.42. The van der Waals surface area contributed by atoms with Crippen LogP contribution >= 0.6 is 0 Å². The highest BCUT2D eigenvalue weighted by atomic mass is 19.1. The van der Waals surface area contributed by atoms with Gasteiger partial charge in [-0.15, -0.1) is 0 Å². The van der Waals surface area contributed by atoms with Crippen LogP contribution in [0.1, 0.15) is 32.3 Å². The molecule has 0 saturated carbocycles. The van der Waals surface area contributed by atoms with Crippen molar-refractivity contribution >= 4 is 11.5 Å². The summed E-state index contributed by atoms with van der Waals surface area (Å²) in [7, 11) is 0. The Bertz CT molecular complexity index is 478. The molecule has 1 aromatic carbocycles. The summed E-state index contributed by atoms with van der Waals surface area (Å²) >= 11 is 0. The molecule has 19 heavy (non-hydrogen) atoms. The van der Waals surface area contributed by atoms with Gasteiger partial charge in [-0.1, -0.05) is 6.92 Å². The van der Waals surface area contributed by atoms with E-state index in [1.54, 1.807) is 4.90 Å². The number of nitrogen functional groups attached to an aromatic ring is 1. The smallest absolute Gasteiger partial charge is 0.150 e. The fourth-order valence-electron chi connectivity index (χ4n) is 2.65.